The van der Waals surface area contributed by atoms with Gasteiger partial charge in [-0.05, 0) is 59.0 Å². The molecule has 0 bridgehead atoms. The van der Waals surface area contributed by atoms with Crippen LogP contribution in [0, 0.1) is 0 Å². The Morgan fingerprint density at radius 3 is 2.58 bits per heavy atom. The van der Waals surface area contributed by atoms with E-state index in [0.29, 0.717) is 6.54 Å². The van der Waals surface area contributed by atoms with Crippen LogP contribution < -0.4 is 5.32 Å². The minimum atomic E-state index is 0.0654. The minimum Gasteiger partial charge on any atom is -0.325 e. The van der Waals surface area contributed by atoms with E-state index >= 15 is 0 Å². The van der Waals surface area contributed by atoms with Crippen molar-refractivity contribution >= 4 is 38.9 Å². The van der Waals surface area contributed by atoms with Gasteiger partial charge in [-0.3, -0.25) is 14.6 Å². The van der Waals surface area contributed by atoms with Crippen molar-refractivity contribution in [2.75, 3.05) is 38.0 Å². The van der Waals surface area contributed by atoms with Gasteiger partial charge in [-0.25, -0.2) is 0 Å². The third-order valence-electron chi connectivity index (χ3n) is 4.16. The molecule has 4 nitrogen and oxygen atoms in total. The zero-order valence-corrected chi connectivity index (χ0v) is 16.0. The molecular weight excluding hydrogens is 386 g/mol. The van der Waals surface area contributed by atoms with E-state index in [2.05, 4.69) is 42.5 Å². The maximum Gasteiger partial charge on any atom is 0.238 e. The summed E-state index contributed by atoms with van der Waals surface area (Å²) in [5.41, 5.74) is 0.862. The van der Waals surface area contributed by atoms with Crippen molar-refractivity contribution in [3.63, 3.8) is 0 Å². The molecule has 0 aliphatic carbocycles. The summed E-state index contributed by atoms with van der Waals surface area (Å²) in [5, 5.41) is 5.09. The number of halogens is 1. The topological polar surface area (TPSA) is 35.6 Å². The second-order valence-corrected chi connectivity index (χ2v) is 7.87. The van der Waals surface area contributed by atoms with Gasteiger partial charge < -0.3 is 5.32 Å². The van der Waals surface area contributed by atoms with Gasteiger partial charge in [0.15, 0.2) is 0 Å². The van der Waals surface area contributed by atoms with Crippen LogP contribution in [-0.4, -0.2) is 48.4 Å². The molecule has 1 aliphatic rings. The van der Waals surface area contributed by atoms with Gasteiger partial charge >= 0.3 is 0 Å². The summed E-state index contributed by atoms with van der Waals surface area (Å²) in [5.74, 6) is 0.0654. The Bertz CT molecular complexity index is 661. The smallest absolute Gasteiger partial charge is 0.238 e. The van der Waals surface area contributed by atoms with Crippen LogP contribution in [-0.2, 0) is 11.3 Å². The van der Waals surface area contributed by atoms with Crippen molar-refractivity contribution < 1.29 is 4.79 Å². The molecule has 0 radical (unpaired) electrons. The molecule has 128 valence electrons. The number of hydrogen-bond acceptors (Lipinski definition) is 4. The molecule has 0 unspecified atom stereocenters. The van der Waals surface area contributed by atoms with E-state index in [0.717, 1.165) is 44.8 Å². The van der Waals surface area contributed by atoms with Crippen molar-refractivity contribution in [2.45, 2.75) is 13.0 Å². The van der Waals surface area contributed by atoms with Gasteiger partial charge in [0.25, 0.3) is 0 Å². The predicted molar refractivity (Wildman–Crippen MR) is 103 cm³/mol. The van der Waals surface area contributed by atoms with Gasteiger partial charge in [0.2, 0.25) is 5.91 Å². The van der Waals surface area contributed by atoms with E-state index in [4.69, 9.17) is 0 Å². The van der Waals surface area contributed by atoms with Crippen LogP contribution in [0.2, 0.25) is 0 Å². The predicted octanol–water partition coefficient (Wildman–Crippen LogP) is 3.66. The Hall–Kier alpha value is -1.21. The van der Waals surface area contributed by atoms with Crippen LogP contribution >= 0.6 is 27.3 Å². The van der Waals surface area contributed by atoms with Gasteiger partial charge in [-0.2, -0.15) is 0 Å². The van der Waals surface area contributed by atoms with E-state index < -0.39 is 0 Å². The SMILES string of the molecule is O=C(CN1CCCN(Cc2sccc2Br)CC1)Nc1ccccc1. The van der Waals surface area contributed by atoms with Gasteiger partial charge in [0.05, 0.1) is 6.54 Å². The monoisotopic (exact) mass is 407 g/mol. The van der Waals surface area contributed by atoms with E-state index in [9.17, 15) is 4.79 Å². The lowest BCUT2D eigenvalue weighted by Gasteiger charge is -2.21. The summed E-state index contributed by atoms with van der Waals surface area (Å²) in [6, 6.07) is 11.8. The molecule has 0 spiro atoms. The van der Waals surface area contributed by atoms with Crippen molar-refractivity contribution in [1.29, 1.82) is 0 Å². The molecule has 2 aromatic rings. The molecule has 6 heteroatoms. The summed E-state index contributed by atoms with van der Waals surface area (Å²) >= 11 is 5.41. The number of para-hydroxylation sites is 1. The number of hydrogen-bond donors (Lipinski definition) is 1. The van der Waals surface area contributed by atoms with Crippen LogP contribution in [0.1, 0.15) is 11.3 Å². The number of nitrogens with zero attached hydrogens (tertiary/aromatic N) is 2. The maximum absolute atomic E-state index is 12.2. The summed E-state index contributed by atoms with van der Waals surface area (Å²) in [7, 11) is 0. The Morgan fingerprint density at radius 1 is 1.08 bits per heavy atom. The van der Waals surface area contributed by atoms with Gasteiger partial charge in [0, 0.05) is 34.7 Å². The van der Waals surface area contributed by atoms with Crippen LogP contribution in [0.4, 0.5) is 5.69 Å². The number of amides is 1. The lowest BCUT2D eigenvalue weighted by molar-refractivity contribution is -0.117. The molecule has 2 heterocycles. The molecule has 1 N–H and O–H groups in total. The number of anilines is 1. The van der Waals surface area contributed by atoms with E-state index in [1.807, 2.05) is 30.3 Å². The van der Waals surface area contributed by atoms with Crippen LogP contribution in [0.3, 0.4) is 0 Å². The van der Waals surface area contributed by atoms with Gasteiger partial charge in [-0.1, -0.05) is 18.2 Å². The summed E-state index contributed by atoms with van der Waals surface area (Å²) < 4.78 is 1.20. The van der Waals surface area contributed by atoms with Crippen molar-refractivity contribution in [2.24, 2.45) is 0 Å². The van der Waals surface area contributed by atoms with Gasteiger partial charge in [-0.15, -0.1) is 11.3 Å². The van der Waals surface area contributed by atoms with Gasteiger partial charge in [0.1, 0.15) is 0 Å². The largest absolute Gasteiger partial charge is 0.325 e. The highest BCUT2D eigenvalue weighted by Gasteiger charge is 2.18. The highest BCUT2D eigenvalue weighted by molar-refractivity contribution is 9.10. The fourth-order valence-electron chi connectivity index (χ4n) is 2.91. The third kappa shape index (κ3) is 5.14. The van der Waals surface area contributed by atoms with Crippen molar-refractivity contribution in [1.82, 2.24) is 9.80 Å². The lowest BCUT2D eigenvalue weighted by atomic mass is 10.3. The molecular formula is C18H22BrN3OS. The van der Waals surface area contributed by atoms with Crippen LogP contribution in [0.15, 0.2) is 46.3 Å². The fourth-order valence-corrected chi connectivity index (χ4v) is 4.43. The highest BCUT2D eigenvalue weighted by Crippen LogP contribution is 2.24. The first-order chi connectivity index (χ1) is 11.7. The molecule has 1 fully saturated rings. The Balaban J connectivity index is 1.47. The average Bonchev–Trinajstić information content (AvgIpc) is 2.84. The highest BCUT2D eigenvalue weighted by atomic mass is 79.9. The summed E-state index contributed by atoms with van der Waals surface area (Å²) in [6.45, 7) is 5.45. The number of rotatable bonds is 5. The molecule has 1 aromatic heterocycles. The molecule has 0 saturated carbocycles. The number of benzene rings is 1. The second kappa shape index (κ2) is 8.76. The Labute approximate surface area is 155 Å². The number of nitrogens with one attached hydrogen (secondary N) is 1. The molecule has 1 saturated heterocycles. The van der Waals surface area contributed by atoms with Crippen LogP contribution in [0.25, 0.3) is 0 Å². The first-order valence-corrected chi connectivity index (χ1v) is 9.89. The quantitative estimate of drug-likeness (QED) is 0.821. The number of thiophene rings is 1. The summed E-state index contributed by atoms with van der Waals surface area (Å²) in [6.07, 6.45) is 1.10. The second-order valence-electron chi connectivity index (χ2n) is 6.01. The molecule has 0 atom stereocenters. The van der Waals surface area contributed by atoms with E-state index in [1.54, 1.807) is 11.3 Å². The number of carbonyl (C=O) groups is 1. The lowest BCUT2D eigenvalue weighted by Crippen LogP contribution is -2.36. The Morgan fingerprint density at radius 2 is 1.83 bits per heavy atom. The molecule has 1 aromatic carbocycles. The minimum absolute atomic E-state index is 0.0654. The maximum atomic E-state index is 12.2. The van der Waals surface area contributed by atoms with Crippen LogP contribution in [0.5, 0.6) is 0 Å². The zero-order valence-electron chi connectivity index (χ0n) is 13.6. The Kier molecular flexibility index (Phi) is 6.43. The average molecular weight is 408 g/mol. The fraction of sp³-hybridized carbons (Fsp3) is 0.389. The third-order valence-corrected chi connectivity index (χ3v) is 6.08. The number of carbonyl (C=O) groups excluding carboxylic acids is 1. The molecule has 1 aliphatic heterocycles. The normalized spacial score (nSPS) is 16.7. The zero-order chi connectivity index (χ0) is 16.8. The first kappa shape index (κ1) is 17.6. The summed E-state index contributed by atoms with van der Waals surface area (Å²) in [4.78, 5) is 18.3. The van der Waals surface area contributed by atoms with E-state index in [-0.39, 0.29) is 5.91 Å². The molecule has 24 heavy (non-hydrogen) atoms. The standard InChI is InChI=1S/C18H22BrN3OS/c19-16-7-12-24-17(16)13-21-8-4-9-22(11-10-21)14-18(23)20-15-5-2-1-3-6-15/h1-3,5-7,12H,4,8-11,13-14H2,(H,20,23). The molecule has 3 rings (SSSR count). The van der Waals surface area contributed by atoms with Crippen molar-refractivity contribution in [3.05, 3.63) is 51.1 Å². The first-order valence-electron chi connectivity index (χ1n) is 8.22. The van der Waals surface area contributed by atoms with Crippen molar-refractivity contribution in [3.8, 4) is 0 Å². The molecule has 1 amide bonds. The van der Waals surface area contributed by atoms with E-state index in [1.165, 1.54) is 9.35 Å².